The molecular weight excluding hydrogens is 268 g/mol. The van der Waals surface area contributed by atoms with E-state index in [1.165, 1.54) is 32.2 Å². The van der Waals surface area contributed by atoms with Crippen LogP contribution in [0.4, 0.5) is 11.5 Å². The van der Waals surface area contributed by atoms with Crippen LogP contribution in [0.5, 0.6) is 0 Å². The van der Waals surface area contributed by atoms with Crippen LogP contribution in [-0.4, -0.2) is 49.5 Å². The van der Waals surface area contributed by atoms with Crippen LogP contribution in [0.1, 0.15) is 10.5 Å². The number of esters is 1. The predicted octanol–water partition coefficient (Wildman–Crippen LogP) is -0.0414. The van der Waals surface area contributed by atoms with Crippen LogP contribution >= 0.6 is 0 Å². The molecule has 1 aromatic heterocycles. The summed E-state index contributed by atoms with van der Waals surface area (Å²) >= 11 is 0. The maximum atomic E-state index is 11.4. The summed E-state index contributed by atoms with van der Waals surface area (Å²) < 4.78 is 4.50. The SMILES string of the molecule is CNC(=O)CN(C)c1nc(C(=O)OC)ccc1[N+](=O)[O-]. The highest BCUT2D eigenvalue weighted by Crippen LogP contribution is 2.25. The zero-order chi connectivity index (χ0) is 15.3. The maximum Gasteiger partial charge on any atom is 0.356 e. The van der Waals surface area contributed by atoms with Crippen molar-refractivity contribution in [2.45, 2.75) is 0 Å². The van der Waals surface area contributed by atoms with Crippen LogP contribution in [0, 0.1) is 10.1 Å². The lowest BCUT2D eigenvalue weighted by molar-refractivity contribution is -0.384. The van der Waals surface area contributed by atoms with Gasteiger partial charge in [0.15, 0.2) is 5.69 Å². The number of nitro groups is 1. The molecule has 1 aromatic rings. The number of ether oxygens (including phenoxy) is 1. The number of hydrogen-bond donors (Lipinski definition) is 1. The lowest BCUT2D eigenvalue weighted by Crippen LogP contribution is -2.34. The number of anilines is 1. The van der Waals surface area contributed by atoms with Crippen LogP contribution < -0.4 is 10.2 Å². The molecule has 1 N–H and O–H groups in total. The molecule has 1 amide bonds. The Labute approximate surface area is 114 Å². The van der Waals surface area contributed by atoms with Crippen molar-refractivity contribution in [1.29, 1.82) is 0 Å². The van der Waals surface area contributed by atoms with Gasteiger partial charge < -0.3 is 15.0 Å². The Balaban J connectivity index is 3.21. The van der Waals surface area contributed by atoms with Crippen molar-refractivity contribution in [1.82, 2.24) is 10.3 Å². The summed E-state index contributed by atoms with van der Waals surface area (Å²) in [5.41, 5.74) is -0.374. The smallest absolute Gasteiger partial charge is 0.356 e. The molecule has 0 saturated heterocycles. The van der Waals surface area contributed by atoms with E-state index in [4.69, 9.17) is 0 Å². The van der Waals surface area contributed by atoms with Crippen LogP contribution in [0.3, 0.4) is 0 Å². The van der Waals surface area contributed by atoms with Gasteiger partial charge in [-0.05, 0) is 6.07 Å². The van der Waals surface area contributed by atoms with Gasteiger partial charge >= 0.3 is 11.7 Å². The molecule has 0 saturated carbocycles. The molecule has 9 heteroatoms. The molecule has 0 aliphatic heterocycles. The first-order valence-electron chi connectivity index (χ1n) is 5.56. The Morgan fingerprint density at radius 1 is 1.50 bits per heavy atom. The number of hydrogen-bond acceptors (Lipinski definition) is 7. The van der Waals surface area contributed by atoms with Crippen molar-refractivity contribution in [3.63, 3.8) is 0 Å². The lowest BCUT2D eigenvalue weighted by atomic mass is 10.3. The average Bonchev–Trinajstić information content (AvgIpc) is 2.45. The molecule has 0 aliphatic rings. The second-order valence-electron chi connectivity index (χ2n) is 3.82. The molecule has 0 radical (unpaired) electrons. The fourth-order valence-electron chi connectivity index (χ4n) is 1.45. The maximum absolute atomic E-state index is 11.4. The predicted molar refractivity (Wildman–Crippen MR) is 69.6 cm³/mol. The van der Waals surface area contributed by atoms with Gasteiger partial charge in [0, 0.05) is 20.2 Å². The zero-order valence-corrected chi connectivity index (χ0v) is 11.2. The van der Waals surface area contributed by atoms with Crippen LogP contribution in [0.15, 0.2) is 12.1 Å². The monoisotopic (exact) mass is 282 g/mol. The van der Waals surface area contributed by atoms with Crippen molar-refractivity contribution < 1.29 is 19.2 Å². The summed E-state index contributed by atoms with van der Waals surface area (Å²) in [5, 5.41) is 13.3. The largest absolute Gasteiger partial charge is 0.464 e. The van der Waals surface area contributed by atoms with E-state index in [0.717, 1.165) is 6.07 Å². The van der Waals surface area contributed by atoms with Crippen molar-refractivity contribution in [3.8, 4) is 0 Å². The Morgan fingerprint density at radius 2 is 2.15 bits per heavy atom. The second kappa shape index (κ2) is 6.45. The van der Waals surface area contributed by atoms with Gasteiger partial charge in [0.2, 0.25) is 11.7 Å². The number of rotatable bonds is 5. The quantitative estimate of drug-likeness (QED) is 0.457. The molecular formula is C11H14N4O5. The third-order valence-corrected chi connectivity index (χ3v) is 2.47. The number of amides is 1. The average molecular weight is 282 g/mol. The molecule has 108 valence electrons. The van der Waals surface area contributed by atoms with Crippen molar-refractivity contribution in [2.75, 3.05) is 32.6 Å². The fourth-order valence-corrected chi connectivity index (χ4v) is 1.45. The Bertz CT molecular complexity index is 546. The highest BCUT2D eigenvalue weighted by Gasteiger charge is 2.22. The van der Waals surface area contributed by atoms with Gasteiger partial charge in [-0.3, -0.25) is 14.9 Å². The summed E-state index contributed by atoms with van der Waals surface area (Å²) in [4.78, 5) is 38.2. The molecule has 0 aromatic carbocycles. The molecule has 1 rings (SSSR count). The van der Waals surface area contributed by atoms with Crippen LogP contribution in [0.25, 0.3) is 0 Å². The van der Waals surface area contributed by atoms with E-state index in [-0.39, 0.29) is 29.7 Å². The number of carbonyl (C=O) groups is 2. The molecule has 0 bridgehead atoms. The van der Waals surface area contributed by atoms with E-state index in [9.17, 15) is 19.7 Å². The van der Waals surface area contributed by atoms with E-state index >= 15 is 0 Å². The first-order chi connectivity index (χ1) is 9.40. The van der Waals surface area contributed by atoms with Gasteiger partial charge in [-0.15, -0.1) is 0 Å². The number of nitrogens with zero attached hydrogens (tertiary/aromatic N) is 3. The number of aromatic nitrogens is 1. The number of carbonyl (C=O) groups excluding carboxylic acids is 2. The van der Waals surface area contributed by atoms with Crippen molar-refractivity contribution >= 4 is 23.4 Å². The molecule has 0 unspecified atom stereocenters. The third kappa shape index (κ3) is 3.40. The lowest BCUT2D eigenvalue weighted by Gasteiger charge is -2.17. The van der Waals surface area contributed by atoms with Gasteiger partial charge in [0.1, 0.15) is 0 Å². The number of nitrogens with one attached hydrogen (secondary N) is 1. The molecule has 0 spiro atoms. The standard InChI is InChI=1S/C11H14N4O5/c1-12-9(16)6-14(2)10-8(15(18)19)5-4-7(13-10)11(17)20-3/h4-5H,6H2,1-3H3,(H,12,16). The minimum absolute atomic E-state index is 0.0724. The molecule has 20 heavy (non-hydrogen) atoms. The molecule has 0 fully saturated rings. The van der Waals surface area contributed by atoms with Crippen LogP contribution in [-0.2, 0) is 9.53 Å². The van der Waals surface area contributed by atoms with E-state index < -0.39 is 10.9 Å². The van der Waals surface area contributed by atoms with Gasteiger partial charge in [-0.2, -0.15) is 0 Å². The first kappa shape index (κ1) is 15.3. The highest BCUT2D eigenvalue weighted by molar-refractivity contribution is 5.88. The van der Waals surface area contributed by atoms with Crippen molar-refractivity contribution in [3.05, 3.63) is 27.9 Å². The topological polar surface area (TPSA) is 115 Å². The molecule has 9 nitrogen and oxygen atoms in total. The third-order valence-electron chi connectivity index (χ3n) is 2.47. The molecule has 1 heterocycles. The number of likely N-dealkylation sites (N-methyl/N-ethyl adjacent to an activating group) is 2. The van der Waals surface area contributed by atoms with Gasteiger partial charge in [0.25, 0.3) is 0 Å². The zero-order valence-electron chi connectivity index (χ0n) is 11.2. The first-order valence-corrected chi connectivity index (χ1v) is 5.56. The van der Waals surface area contributed by atoms with Gasteiger partial charge in [0.05, 0.1) is 18.6 Å². The summed E-state index contributed by atoms with van der Waals surface area (Å²) in [5.74, 6) is -1.14. The number of methoxy groups -OCH3 is 1. The Morgan fingerprint density at radius 3 is 2.65 bits per heavy atom. The second-order valence-corrected chi connectivity index (χ2v) is 3.82. The van der Waals surface area contributed by atoms with Crippen LogP contribution in [0.2, 0.25) is 0 Å². The molecule has 0 atom stereocenters. The minimum Gasteiger partial charge on any atom is -0.464 e. The summed E-state index contributed by atoms with van der Waals surface area (Å²) in [6, 6.07) is 2.34. The van der Waals surface area contributed by atoms with Crippen molar-refractivity contribution in [2.24, 2.45) is 0 Å². The summed E-state index contributed by atoms with van der Waals surface area (Å²) in [6.07, 6.45) is 0. The Kier molecular flexibility index (Phi) is 4.95. The fraction of sp³-hybridized carbons (Fsp3) is 0.364. The summed E-state index contributed by atoms with van der Waals surface area (Å²) in [7, 11) is 4.09. The van der Waals surface area contributed by atoms with E-state index in [0.29, 0.717) is 0 Å². The minimum atomic E-state index is -0.713. The van der Waals surface area contributed by atoms with E-state index in [1.807, 2.05) is 0 Å². The molecule has 0 aliphatic carbocycles. The summed E-state index contributed by atoms with van der Waals surface area (Å²) in [6.45, 7) is -0.130. The Hall–Kier alpha value is -2.71. The van der Waals surface area contributed by atoms with E-state index in [1.54, 1.807) is 0 Å². The highest BCUT2D eigenvalue weighted by atomic mass is 16.6. The normalized spacial score (nSPS) is 9.75. The van der Waals surface area contributed by atoms with Gasteiger partial charge in [-0.1, -0.05) is 0 Å². The van der Waals surface area contributed by atoms with E-state index in [2.05, 4.69) is 15.0 Å². The number of pyridine rings is 1. The van der Waals surface area contributed by atoms with Gasteiger partial charge in [-0.25, -0.2) is 9.78 Å².